The molecule has 724 valence electrons. The minimum Gasteiger partial charge on any atom is -0.483 e. The summed E-state index contributed by atoms with van der Waals surface area (Å²) in [6.07, 6.45) is 4.97. The molecule has 36 nitrogen and oxygen atoms in total. The minimum atomic E-state index is -0.926. The Morgan fingerprint density at radius 3 is 1.02 bits per heavy atom. The number of fused-ring (bicyclic) bond motifs is 12. The maximum Gasteiger partial charge on any atom is 0.411 e. The molecule has 4 aromatic heterocycles. The van der Waals surface area contributed by atoms with Gasteiger partial charge in [0, 0.05) is 110 Å². The Kier molecular flexibility index (Phi) is 32.8. The first-order valence-corrected chi connectivity index (χ1v) is 44.1. The monoisotopic (exact) mass is 1940 g/mol. The van der Waals surface area contributed by atoms with Gasteiger partial charge in [-0.15, -0.1) is 24.8 Å². The maximum absolute atomic E-state index is 13.0. The Hall–Kier alpha value is -11.1. The molecule has 16 rings (SSSR count). The number of carbonyl (C=O) groups excluding carboxylic acids is 10. The van der Waals surface area contributed by atoms with Crippen LogP contribution in [0.1, 0.15) is 188 Å². The van der Waals surface area contributed by atoms with Crippen molar-refractivity contribution in [2.45, 2.75) is 257 Å². The van der Waals surface area contributed by atoms with Crippen molar-refractivity contribution >= 4 is 152 Å². The number of aryl methyl sites for hydroxylation is 4. The fourth-order valence-electron chi connectivity index (χ4n) is 18.2. The zero-order valence-electron chi connectivity index (χ0n) is 76.9. The number of aliphatic hydroxyl groups excluding tert-OH is 4. The Labute approximate surface area is 794 Å². The van der Waals surface area contributed by atoms with E-state index in [1.165, 1.54) is 65.9 Å². The van der Waals surface area contributed by atoms with Gasteiger partial charge in [-0.25, -0.2) is 39.1 Å². The van der Waals surface area contributed by atoms with Gasteiger partial charge < -0.3 is 97.4 Å². The molecule has 4 saturated heterocycles. The number of rotatable bonds is 16. The maximum atomic E-state index is 13.0. The second-order valence-electron chi connectivity index (χ2n) is 36.0. The van der Waals surface area contributed by atoms with E-state index in [1.807, 2.05) is 30.3 Å². The number of pyridine rings is 4. The first-order valence-electron chi connectivity index (χ1n) is 43.3. The lowest BCUT2D eigenvalue weighted by molar-refractivity contribution is -0.146. The van der Waals surface area contributed by atoms with Gasteiger partial charge in [-0.2, -0.15) is 0 Å². The average Bonchev–Trinajstić information content (AvgIpc) is 1.55. The van der Waals surface area contributed by atoms with E-state index in [1.54, 1.807) is 71.9 Å². The highest BCUT2D eigenvalue weighted by Gasteiger charge is 2.57. The molecule has 0 saturated carbocycles. The fourth-order valence-corrected chi connectivity index (χ4v) is 18.8. The molecular weight excluding hydrogens is 1830 g/mol. The van der Waals surface area contributed by atoms with Crippen molar-refractivity contribution in [3.05, 3.63) is 138 Å². The number of amides is 2. The first-order chi connectivity index (χ1) is 62.6. The van der Waals surface area contributed by atoms with E-state index in [-0.39, 0.29) is 116 Å². The van der Waals surface area contributed by atoms with Crippen molar-refractivity contribution in [1.29, 1.82) is 0 Å². The largest absolute Gasteiger partial charge is 0.483 e. The van der Waals surface area contributed by atoms with Crippen molar-refractivity contribution < 1.29 is 135 Å². The summed E-state index contributed by atoms with van der Waals surface area (Å²) < 4.78 is 77.8. The number of hydrogen-bond acceptors (Lipinski definition) is 34. The lowest BCUT2D eigenvalue weighted by Crippen LogP contribution is -2.46. The smallest absolute Gasteiger partial charge is 0.411 e. The molecule has 134 heavy (non-hydrogen) atoms. The molecule has 8 aromatic rings. The van der Waals surface area contributed by atoms with Crippen LogP contribution in [0.2, 0.25) is 10.0 Å². The molecule has 2 amide bonds. The summed E-state index contributed by atoms with van der Waals surface area (Å²) in [5.41, 5.74) is 6.36. The zero-order chi connectivity index (χ0) is 95.4. The molecule has 4 unspecified atom stereocenters. The highest BCUT2D eigenvalue weighted by atomic mass is 35.5. The molecule has 6 N–H and O–H groups in total. The predicted molar refractivity (Wildman–Crippen MR) is 487 cm³/mol. The van der Waals surface area contributed by atoms with Crippen molar-refractivity contribution in [3.63, 3.8) is 0 Å². The van der Waals surface area contributed by atoms with Crippen LogP contribution < -0.4 is 29.6 Å². The Morgan fingerprint density at radius 1 is 0.418 bits per heavy atom. The summed E-state index contributed by atoms with van der Waals surface area (Å²) in [6, 6.07) is 15.4. The third-order valence-corrected chi connectivity index (χ3v) is 25.2. The third-order valence-electron chi connectivity index (χ3n) is 24.4. The van der Waals surface area contributed by atoms with E-state index >= 15 is 0 Å². The lowest BCUT2D eigenvalue weighted by atomic mass is 9.87. The van der Waals surface area contributed by atoms with E-state index in [2.05, 4.69) is 30.6 Å². The third kappa shape index (κ3) is 22.7. The second kappa shape index (κ2) is 42.5. The van der Waals surface area contributed by atoms with Crippen molar-refractivity contribution in [2.75, 3.05) is 54.6 Å². The number of halogens is 4. The number of likely N-dealkylation sites (tertiary alicyclic amines) is 2. The van der Waals surface area contributed by atoms with Crippen LogP contribution in [0.4, 0.5) is 9.59 Å². The van der Waals surface area contributed by atoms with Gasteiger partial charge in [-0.1, -0.05) is 47.5 Å². The van der Waals surface area contributed by atoms with Crippen LogP contribution in [-0.2, 0) is 164 Å². The van der Waals surface area contributed by atoms with Gasteiger partial charge in [0.15, 0.2) is 0 Å². The quantitative estimate of drug-likeness (QED) is 0.0386. The number of carbonyl (C=O) groups is 10. The Bertz CT molecular complexity index is 5880. The number of ether oxygens (including phenoxy) is 14. The van der Waals surface area contributed by atoms with Gasteiger partial charge in [-0.3, -0.25) is 38.6 Å². The Balaban J connectivity index is 0.000000172. The van der Waals surface area contributed by atoms with E-state index in [0.717, 1.165) is 67.9 Å². The molecule has 40 heteroatoms. The minimum absolute atomic E-state index is 0. The topological polar surface area (TPSA) is 463 Å². The van der Waals surface area contributed by atoms with Gasteiger partial charge in [0.2, 0.25) is 0 Å². The molecule has 8 atom stereocenters. The summed E-state index contributed by atoms with van der Waals surface area (Å²) in [5.74, 6) is -1.48. The van der Waals surface area contributed by atoms with E-state index < -0.39 is 106 Å². The molecule has 4 spiro atoms. The highest BCUT2D eigenvalue weighted by Crippen LogP contribution is 2.51. The molecule has 4 fully saturated rings. The van der Waals surface area contributed by atoms with E-state index in [0.29, 0.717) is 153 Å². The second-order valence-corrected chi connectivity index (χ2v) is 36.7. The molecule has 0 bridgehead atoms. The van der Waals surface area contributed by atoms with Crippen molar-refractivity contribution in [1.82, 2.24) is 40.4 Å². The van der Waals surface area contributed by atoms with Crippen LogP contribution in [0.5, 0.6) is 23.0 Å². The fraction of sp³-hybridized carbons (Fsp3) is 0.511. The number of methoxy groups -OCH3 is 4. The lowest BCUT2D eigenvalue weighted by Gasteiger charge is -2.37. The molecule has 8 aliphatic rings. The van der Waals surface area contributed by atoms with Crippen LogP contribution in [0, 0.1) is 0 Å². The average molecular weight is 1940 g/mol. The molecular formula is C94H112Cl4N8O28. The molecule has 8 aliphatic heterocycles. The van der Waals surface area contributed by atoms with Crippen LogP contribution in [0.3, 0.4) is 0 Å². The number of aliphatic hydroxyl groups is 4. The molecule has 4 aromatic carbocycles. The van der Waals surface area contributed by atoms with Crippen LogP contribution >= 0.6 is 48.0 Å². The summed E-state index contributed by atoms with van der Waals surface area (Å²) in [5, 5.41) is 48.8. The molecule has 0 radical (unpaired) electrons. The van der Waals surface area contributed by atoms with Crippen LogP contribution in [0.25, 0.3) is 43.6 Å². The first kappa shape index (κ1) is 103. The summed E-state index contributed by atoms with van der Waals surface area (Å²) in [4.78, 5) is 142. The van der Waals surface area contributed by atoms with Crippen LogP contribution in [0.15, 0.2) is 60.7 Å². The summed E-state index contributed by atoms with van der Waals surface area (Å²) >= 11 is 13.2. The SMILES string of the molecule is COC(=O)[C@@H]1CC2(CCc3c(c(COC(C)=O)nc4ccc(CO)c(Cl)c34)O2)CN1.COC(=O)[C@@H]1CC2(CCc3c(c(COC(C)=O)nc4ccc(CO)c(Cl)c34)O2)CN1C(=O)OC(C)(C)C.COC(=O)[C@@H]1CC2(CCc3c(c(COC(C)=O)nc4ccc(CO)cc34)O2)CN1.COC(=O)[C@@H]1CC2(CCc3c(c(COC(C)=O)nc4ccc(CO)cc34)O2)CN1C(=O)OC(C)(C)C.Cl.Cl. The van der Waals surface area contributed by atoms with E-state index in [9.17, 15) is 68.4 Å². The number of benzene rings is 4. The standard InChI is InChI=1S/C26H31ClN2O8.C26H32N2O8.C21H23ClN2O6.C21H24N2O6.2ClH/c1-14(31)35-12-18-22-16(20-17(28-18)7-6-15(11-30)21(20)27)8-9-26(36-22)10-19(23(32)34-5)29(13-26)24(33)37-25(2,3)4;1-15(30)34-13-20-22-17(18-10-16(12-29)6-7-19(18)27-20)8-9-26(35-22)11-21(23(31)33-5)28(14-26)24(32)36-25(2,3)4;1-11(26)29-9-16-19-13(17-14(24-16)4-3-12(8-25)18(17)22)5-6-21(30-19)7-15(23-10-21)20(27)28-2;1-12(25)28-10-18-19-14(15-7-13(9-24)3-4-16(15)23-18)5-6-21(29-19)8-17(22-11-21)20(26)27-2;;/h6-7,19,30H,8-13H2,1-5H3;6-7,10,21,29H,8-9,11-14H2,1-5H3;3-4,15,23,25H,5-10H2,1-2H3;3-4,7,17,22,24H,5-6,8-11H2,1-2H3;2*1H/t19-,26?;21-,26?;15-,21?;17-,21?;;/m0000../s1. The van der Waals surface area contributed by atoms with Crippen LogP contribution in [-0.4, -0.2) is 222 Å². The van der Waals surface area contributed by atoms with Gasteiger partial charge in [0.1, 0.15) is 130 Å². The van der Waals surface area contributed by atoms with Gasteiger partial charge in [0.25, 0.3) is 0 Å². The number of nitrogens with zero attached hydrogens (tertiary/aromatic N) is 6. The highest BCUT2D eigenvalue weighted by molar-refractivity contribution is 6.37. The summed E-state index contributed by atoms with van der Waals surface area (Å²) in [7, 11) is 5.29. The number of esters is 8. The van der Waals surface area contributed by atoms with Gasteiger partial charge in [-0.05, 0) is 152 Å². The van der Waals surface area contributed by atoms with E-state index in [4.69, 9.17) is 89.5 Å². The van der Waals surface area contributed by atoms with Crippen molar-refractivity contribution in [3.8, 4) is 23.0 Å². The van der Waals surface area contributed by atoms with Gasteiger partial charge >= 0.3 is 59.9 Å². The zero-order valence-corrected chi connectivity index (χ0v) is 80.0. The molecule has 0 aliphatic carbocycles. The predicted octanol–water partition coefficient (Wildman–Crippen LogP) is 11.0. The Morgan fingerprint density at radius 2 is 0.716 bits per heavy atom. The number of hydrogen-bond donors (Lipinski definition) is 6. The van der Waals surface area contributed by atoms with Crippen molar-refractivity contribution in [2.24, 2.45) is 0 Å². The number of aromatic nitrogens is 4. The summed E-state index contributed by atoms with van der Waals surface area (Å²) in [6.45, 7) is 16.2. The number of nitrogens with one attached hydrogen (secondary N) is 2. The van der Waals surface area contributed by atoms with Gasteiger partial charge in [0.05, 0.1) is 100 Å². The normalized spacial score (nSPS) is 21.5. The molecule has 12 heterocycles.